The third-order valence-corrected chi connectivity index (χ3v) is 5.86. The second kappa shape index (κ2) is 7.85. The van der Waals surface area contributed by atoms with Gasteiger partial charge in [0.15, 0.2) is 0 Å². The summed E-state index contributed by atoms with van der Waals surface area (Å²) in [4.78, 5) is 6.09. The lowest BCUT2D eigenvalue weighted by atomic mass is 9.98. The summed E-state index contributed by atoms with van der Waals surface area (Å²) in [5, 5.41) is 5.56. The van der Waals surface area contributed by atoms with Crippen molar-refractivity contribution in [2.45, 2.75) is 31.8 Å². The van der Waals surface area contributed by atoms with Crippen molar-refractivity contribution in [2.24, 2.45) is 5.73 Å². The van der Waals surface area contributed by atoms with E-state index in [0.717, 1.165) is 18.7 Å². The van der Waals surface area contributed by atoms with E-state index in [1.807, 2.05) is 16.9 Å². The maximum absolute atomic E-state index is 6.58. The molecule has 29 heavy (non-hydrogen) atoms. The molecule has 1 saturated heterocycles. The van der Waals surface area contributed by atoms with Crippen molar-refractivity contribution in [3.8, 4) is 5.69 Å². The molecule has 5 heteroatoms. The van der Waals surface area contributed by atoms with Crippen LogP contribution < -0.4 is 5.73 Å². The van der Waals surface area contributed by atoms with Gasteiger partial charge in [-0.05, 0) is 79.9 Å². The standard InChI is InChI=1S/C24H27N5/c25-23(14-18-5-3-6-22(13-18)29-12-4-9-26-29)19-7-8-24-20(15-19)16-21(27-24)17-28-10-1-2-11-28/h3-9,12-13,15-16,23,27H,1-2,10-11,14,17,25H2. The molecular formula is C24H27N5. The highest BCUT2D eigenvalue weighted by molar-refractivity contribution is 5.81. The number of hydrogen-bond donors (Lipinski definition) is 2. The van der Waals surface area contributed by atoms with Gasteiger partial charge in [-0.15, -0.1) is 0 Å². The predicted molar refractivity (Wildman–Crippen MR) is 117 cm³/mol. The van der Waals surface area contributed by atoms with Gasteiger partial charge in [0.05, 0.1) is 5.69 Å². The fourth-order valence-electron chi connectivity index (χ4n) is 4.33. The van der Waals surface area contributed by atoms with Crippen LogP contribution >= 0.6 is 0 Å². The Labute approximate surface area is 171 Å². The molecule has 148 valence electrons. The smallest absolute Gasteiger partial charge is 0.0648 e. The van der Waals surface area contributed by atoms with Crippen molar-refractivity contribution in [1.29, 1.82) is 0 Å². The van der Waals surface area contributed by atoms with Crippen LogP contribution in [0, 0.1) is 0 Å². The zero-order chi connectivity index (χ0) is 19.6. The Morgan fingerprint density at radius 3 is 2.76 bits per heavy atom. The van der Waals surface area contributed by atoms with Crippen molar-refractivity contribution < 1.29 is 0 Å². The number of aromatic nitrogens is 3. The number of nitrogens with one attached hydrogen (secondary N) is 1. The molecule has 0 spiro atoms. The second-order valence-corrected chi connectivity index (χ2v) is 8.06. The van der Waals surface area contributed by atoms with Crippen LogP contribution in [0.25, 0.3) is 16.6 Å². The maximum Gasteiger partial charge on any atom is 0.0648 e. The Kier molecular flexibility index (Phi) is 4.92. The fraction of sp³-hybridized carbons (Fsp3) is 0.292. The minimum absolute atomic E-state index is 0.0378. The third kappa shape index (κ3) is 3.97. The Bertz CT molecular complexity index is 1090. The van der Waals surface area contributed by atoms with Crippen LogP contribution in [-0.4, -0.2) is 32.8 Å². The van der Waals surface area contributed by atoms with Gasteiger partial charge in [-0.3, -0.25) is 4.90 Å². The first-order valence-corrected chi connectivity index (χ1v) is 10.4. The molecule has 0 aliphatic carbocycles. The first-order chi connectivity index (χ1) is 14.2. The summed E-state index contributed by atoms with van der Waals surface area (Å²) in [7, 11) is 0. The quantitative estimate of drug-likeness (QED) is 0.523. The van der Waals surface area contributed by atoms with Gasteiger partial charge >= 0.3 is 0 Å². The number of hydrogen-bond acceptors (Lipinski definition) is 3. The fourth-order valence-corrected chi connectivity index (χ4v) is 4.33. The maximum atomic E-state index is 6.58. The van der Waals surface area contributed by atoms with Gasteiger partial charge in [0.2, 0.25) is 0 Å². The molecule has 4 aromatic rings. The highest BCUT2D eigenvalue weighted by Crippen LogP contribution is 2.24. The average Bonchev–Trinajstić information content (AvgIpc) is 3.49. The molecule has 1 aliphatic heterocycles. The summed E-state index contributed by atoms with van der Waals surface area (Å²) in [6.07, 6.45) is 7.19. The van der Waals surface area contributed by atoms with E-state index in [0.29, 0.717) is 0 Å². The molecule has 1 atom stereocenters. The molecule has 2 aromatic carbocycles. The molecule has 2 aromatic heterocycles. The Balaban J connectivity index is 1.33. The molecule has 1 unspecified atom stereocenters. The average molecular weight is 386 g/mol. The number of benzene rings is 2. The van der Waals surface area contributed by atoms with Gasteiger partial charge in [-0.25, -0.2) is 4.68 Å². The van der Waals surface area contributed by atoms with Crippen molar-refractivity contribution in [3.63, 3.8) is 0 Å². The van der Waals surface area contributed by atoms with Crippen molar-refractivity contribution in [2.75, 3.05) is 13.1 Å². The number of likely N-dealkylation sites (tertiary alicyclic amines) is 1. The first-order valence-electron chi connectivity index (χ1n) is 10.4. The van der Waals surface area contributed by atoms with Crippen LogP contribution in [0.15, 0.2) is 67.0 Å². The lowest BCUT2D eigenvalue weighted by molar-refractivity contribution is 0.328. The van der Waals surface area contributed by atoms with Gasteiger partial charge in [0.1, 0.15) is 0 Å². The number of fused-ring (bicyclic) bond motifs is 1. The normalized spacial score (nSPS) is 15.9. The molecular weight excluding hydrogens is 358 g/mol. The second-order valence-electron chi connectivity index (χ2n) is 8.06. The Hall–Kier alpha value is -2.89. The predicted octanol–water partition coefficient (Wildman–Crippen LogP) is 4.19. The van der Waals surface area contributed by atoms with Crippen LogP contribution in [0.1, 0.15) is 35.7 Å². The zero-order valence-corrected chi connectivity index (χ0v) is 16.6. The molecule has 1 fully saturated rings. The van der Waals surface area contributed by atoms with Gasteiger partial charge in [0.25, 0.3) is 0 Å². The number of H-pyrrole nitrogens is 1. The van der Waals surface area contributed by atoms with Crippen molar-refractivity contribution in [3.05, 3.63) is 83.8 Å². The molecule has 3 N–H and O–H groups in total. The number of nitrogens with two attached hydrogens (primary N) is 1. The van der Waals surface area contributed by atoms with Crippen LogP contribution in [-0.2, 0) is 13.0 Å². The van der Waals surface area contributed by atoms with Crippen LogP contribution in [0.3, 0.4) is 0 Å². The van der Waals surface area contributed by atoms with Gasteiger partial charge in [-0.2, -0.15) is 5.10 Å². The SMILES string of the molecule is NC(Cc1cccc(-n2cccn2)c1)c1ccc2[nH]c(CN3CCCC3)cc2c1. The van der Waals surface area contributed by atoms with E-state index in [4.69, 9.17) is 5.73 Å². The Morgan fingerprint density at radius 1 is 1.03 bits per heavy atom. The zero-order valence-electron chi connectivity index (χ0n) is 16.6. The van der Waals surface area contributed by atoms with E-state index in [-0.39, 0.29) is 6.04 Å². The summed E-state index contributed by atoms with van der Waals surface area (Å²) in [6.45, 7) is 3.43. The monoisotopic (exact) mass is 385 g/mol. The van der Waals surface area contributed by atoms with E-state index in [9.17, 15) is 0 Å². The van der Waals surface area contributed by atoms with Crippen LogP contribution in [0.2, 0.25) is 0 Å². The van der Waals surface area contributed by atoms with Gasteiger partial charge in [-0.1, -0.05) is 18.2 Å². The highest BCUT2D eigenvalue weighted by Gasteiger charge is 2.14. The summed E-state index contributed by atoms with van der Waals surface area (Å²) >= 11 is 0. The topological polar surface area (TPSA) is 62.9 Å². The van der Waals surface area contributed by atoms with E-state index in [1.165, 1.54) is 53.7 Å². The van der Waals surface area contributed by atoms with Gasteiger partial charge < -0.3 is 10.7 Å². The molecule has 0 bridgehead atoms. The first kappa shape index (κ1) is 18.2. The van der Waals surface area contributed by atoms with Crippen molar-refractivity contribution in [1.82, 2.24) is 19.7 Å². The van der Waals surface area contributed by atoms with E-state index in [1.54, 1.807) is 6.20 Å². The van der Waals surface area contributed by atoms with E-state index in [2.05, 4.69) is 63.5 Å². The molecule has 0 amide bonds. The van der Waals surface area contributed by atoms with Crippen LogP contribution in [0.5, 0.6) is 0 Å². The number of rotatable bonds is 6. The number of aromatic amines is 1. The summed E-state index contributed by atoms with van der Waals surface area (Å²) in [6, 6.07) is 19.2. The summed E-state index contributed by atoms with van der Waals surface area (Å²) in [5.74, 6) is 0. The lowest BCUT2D eigenvalue weighted by Gasteiger charge is -2.13. The molecule has 1 aliphatic rings. The molecule has 3 heterocycles. The Morgan fingerprint density at radius 2 is 1.93 bits per heavy atom. The van der Waals surface area contributed by atoms with Gasteiger partial charge in [0, 0.05) is 41.6 Å². The molecule has 5 rings (SSSR count). The van der Waals surface area contributed by atoms with E-state index < -0.39 is 0 Å². The third-order valence-electron chi connectivity index (χ3n) is 5.86. The van der Waals surface area contributed by atoms with E-state index >= 15 is 0 Å². The lowest BCUT2D eigenvalue weighted by Crippen LogP contribution is -2.18. The van der Waals surface area contributed by atoms with Crippen LogP contribution in [0.4, 0.5) is 0 Å². The molecule has 5 nitrogen and oxygen atoms in total. The number of nitrogens with zero attached hydrogens (tertiary/aromatic N) is 3. The van der Waals surface area contributed by atoms with Crippen molar-refractivity contribution >= 4 is 10.9 Å². The molecule has 0 saturated carbocycles. The summed E-state index contributed by atoms with van der Waals surface area (Å²) in [5.41, 5.74) is 12.5. The minimum Gasteiger partial charge on any atom is -0.357 e. The minimum atomic E-state index is -0.0378. The largest absolute Gasteiger partial charge is 0.357 e. The summed E-state index contributed by atoms with van der Waals surface area (Å²) < 4.78 is 1.88. The molecule has 0 radical (unpaired) electrons. The highest BCUT2D eigenvalue weighted by atomic mass is 15.3.